The second-order valence-electron chi connectivity index (χ2n) is 37.8. The van der Waals surface area contributed by atoms with Gasteiger partial charge in [0.05, 0.1) is 98.7 Å². The Morgan fingerprint density at radius 2 is 0.837 bits per heavy atom. The molecule has 2 fully saturated rings. The van der Waals surface area contributed by atoms with E-state index in [9.17, 15) is 28.8 Å². The highest BCUT2D eigenvalue weighted by Crippen LogP contribution is 2.43. The summed E-state index contributed by atoms with van der Waals surface area (Å²) in [6.07, 6.45) is 14.5. The van der Waals surface area contributed by atoms with Crippen LogP contribution in [0.2, 0.25) is 30.1 Å². The van der Waals surface area contributed by atoms with Gasteiger partial charge in [-0.1, -0.05) is 196 Å². The summed E-state index contributed by atoms with van der Waals surface area (Å²) in [7, 11) is 6.08. The lowest BCUT2D eigenvalue weighted by Crippen LogP contribution is -2.57. The van der Waals surface area contributed by atoms with Crippen LogP contribution < -0.4 is 44.7 Å². The van der Waals surface area contributed by atoms with E-state index in [4.69, 9.17) is 114 Å². The number of Topliss-reactive ketones (excluding diaryl/α,β-unsaturated/α-hetero) is 2. The number of aromatic nitrogens is 4. The summed E-state index contributed by atoms with van der Waals surface area (Å²) < 4.78 is 52.9. The summed E-state index contributed by atoms with van der Waals surface area (Å²) in [4.78, 5) is 111. The Bertz CT molecular complexity index is 6700. The van der Waals surface area contributed by atoms with E-state index in [-0.39, 0.29) is 66.1 Å². The summed E-state index contributed by atoms with van der Waals surface area (Å²) in [5.74, 6) is 0.793. The number of piperazine rings is 2. The largest absolute Gasteiger partial charge is 0.496 e. The van der Waals surface area contributed by atoms with Crippen LogP contribution >= 0.6 is 69.6 Å². The minimum atomic E-state index is -1.15. The molecule has 6 heterocycles. The third-order valence-electron chi connectivity index (χ3n) is 26.4. The molecule has 16 rings (SSSR count). The summed E-state index contributed by atoms with van der Waals surface area (Å²) in [5.41, 5.74) is 14.4. The average molecular weight is 2110 g/mol. The molecule has 4 aliphatic rings. The molecule has 0 saturated carbocycles. The third kappa shape index (κ3) is 29.4. The number of carboxylic acids is 1. The topological polar surface area (TPSA) is 282 Å². The van der Waals surface area contributed by atoms with Crippen LogP contribution in [0.25, 0.3) is 22.5 Å². The van der Waals surface area contributed by atoms with Crippen molar-refractivity contribution in [3.8, 4) is 45.5 Å². The fourth-order valence-corrected chi connectivity index (χ4v) is 20.2. The number of benzene rings is 10. The molecule has 4 N–H and O–H groups in total. The summed E-state index contributed by atoms with van der Waals surface area (Å²) >= 11 is 37.7. The molecule has 0 aliphatic carbocycles. The number of hydrogen-bond acceptors (Lipinski definition) is 19. The van der Waals surface area contributed by atoms with Crippen molar-refractivity contribution < 1.29 is 61.6 Å². The predicted octanol–water partition coefficient (Wildman–Crippen LogP) is 25.3. The molecule has 2 aromatic heterocycles. The van der Waals surface area contributed by atoms with Crippen LogP contribution in [0.3, 0.4) is 0 Å². The van der Waals surface area contributed by atoms with E-state index in [1.807, 2.05) is 114 Å². The van der Waals surface area contributed by atoms with Gasteiger partial charge in [0.15, 0.2) is 11.6 Å². The van der Waals surface area contributed by atoms with Crippen molar-refractivity contribution in [2.75, 3.05) is 77.5 Å². The molecule has 3 amide bonds. The monoisotopic (exact) mass is 2110 g/mol. The first-order valence-electron chi connectivity index (χ1n) is 49.8. The Balaban J connectivity index is 0.000000197. The van der Waals surface area contributed by atoms with Gasteiger partial charge < -0.3 is 54.7 Å². The normalized spacial score (nSPS) is 15.1. The number of nitrogens with zero attached hydrogens (tertiary/aromatic N) is 9. The van der Waals surface area contributed by atoms with E-state index in [0.29, 0.717) is 176 Å². The lowest BCUT2D eigenvalue weighted by Gasteiger charge is -2.49. The Hall–Kier alpha value is -12.7. The standard InChI is InChI=1S/C58H60Cl3FN6O5.C38H38ClFN4O6.C20H24Cl2N2/c1-36(2)27-44-34-67(35-49(38-15-17-40(59)18-16-38)68(44)43-22-19-41(60)20-23-43)55(71)31-54(70)63-26-9-7-5-6-8-12-50(69)46-24-14-37(28-52(46)73-4)29-53-64-32-39-33-65-58(56-48(62)11-10-13-51(56)72-3)47-30-42(61)21-25-45(47)57(39)66-53;1-49-31-11-8-9-29(40)36(31)38-28-19-25(39)13-15-26(28)37-24(22-43-38)21-42-33(44-37)18-23-12-14-27(32(17-23)50-2)30(45)10-6-4-3-5-7-16-41-34(46)20-35(47)48;1-14(2)11-19-12-23-13-20(15-3-5-16(21)6-4-15)24(19)18-9-7-17(22)8-10-18/h10-11,13-25,28,30,32,36,44,49H,5-9,12,26-27,29,31,33-35H2,1-4H3,(H,63,70);8-9,11-15,17,19,21H,3-7,10,16,18,20,22H2,1-2H3,(H,41,46)(H,47,48);3-10,14,19-20,23H,11-13H2,1-2H3/t44-,49-;;19-,20-/m0.0/s1. The van der Waals surface area contributed by atoms with Crippen LogP contribution in [0.15, 0.2) is 229 Å². The number of carbonyl (C=O) groups is 6. The molecule has 0 radical (unpaired) electrons. The maximum Gasteiger partial charge on any atom is 0.312 e. The quantitative estimate of drug-likeness (QED) is 0.0158. The van der Waals surface area contributed by atoms with Gasteiger partial charge in [-0.25, -0.2) is 28.7 Å². The lowest BCUT2D eigenvalue weighted by molar-refractivity contribution is -0.141. The molecular formula is C116H122Cl6F2N12O11. The summed E-state index contributed by atoms with van der Waals surface area (Å²) in [6.45, 7) is 13.2. The Kier molecular flexibility index (Phi) is 39.8. The highest BCUT2D eigenvalue weighted by atomic mass is 35.5. The summed E-state index contributed by atoms with van der Waals surface area (Å²) in [6, 6.07) is 63.8. The van der Waals surface area contributed by atoms with Gasteiger partial charge in [0, 0.05) is 164 Å². The number of hydrogen-bond donors (Lipinski definition) is 4. The number of ketones is 2. The maximum absolute atomic E-state index is 15.4. The number of amides is 3. The van der Waals surface area contributed by atoms with E-state index in [1.54, 1.807) is 80.2 Å². The average Bonchev–Trinajstić information content (AvgIpc) is 1.68. The zero-order chi connectivity index (χ0) is 104. The second-order valence-corrected chi connectivity index (χ2v) is 40.5. The van der Waals surface area contributed by atoms with Crippen LogP contribution in [0.1, 0.15) is 231 Å². The number of carbonyl (C=O) groups excluding carboxylic acids is 5. The Morgan fingerprint density at radius 3 is 1.27 bits per heavy atom. The van der Waals surface area contributed by atoms with Gasteiger partial charge in [0.1, 0.15) is 59.1 Å². The van der Waals surface area contributed by atoms with E-state index >= 15 is 8.78 Å². The van der Waals surface area contributed by atoms with E-state index in [2.05, 4.69) is 87.7 Å². The molecule has 31 heteroatoms. The van der Waals surface area contributed by atoms with Crippen molar-refractivity contribution in [1.82, 2.24) is 40.8 Å². The third-order valence-corrected chi connectivity index (χ3v) is 27.9. The van der Waals surface area contributed by atoms with E-state index in [1.165, 1.54) is 44.7 Å². The van der Waals surface area contributed by atoms with Crippen molar-refractivity contribution in [2.45, 2.75) is 181 Å². The minimum absolute atomic E-state index is 0.000530. The molecule has 768 valence electrons. The fraction of sp³-hybridized carbons (Fsp3) is 0.345. The highest BCUT2D eigenvalue weighted by Gasteiger charge is 2.40. The number of unbranched alkanes of at least 4 members (excludes halogenated alkanes) is 8. The number of ether oxygens (including phenoxy) is 4. The zero-order valence-electron chi connectivity index (χ0n) is 83.7. The van der Waals surface area contributed by atoms with Gasteiger partial charge in [-0.05, 0) is 218 Å². The number of fused-ring (bicyclic) bond motifs is 6. The Labute approximate surface area is 888 Å². The number of rotatable bonds is 40. The van der Waals surface area contributed by atoms with Gasteiger partial charge in [-0.2, -0.15) is 0 Å². The van der Waals surface area contributed by atoms with Gasteiger partial charge in [0.25, 0.3) is 0 Å². The van der Waals surface area contributed by atoms with Crippen molar-refractivity contribution in [3.63, 3.8) is 0 Å². The number of methoxy groups -OCH3 is 4. The zero-order valence-corrected chi connectivity index (χ0v) is 88.2. The maximum atomic E-state index is 15.4. The molecule has 12 aromatic rings. The van der Waals surface area contributed by atoms with Crippen LogP contribution in [-0.4, -0.2) is 156 Å². The first-order valence-corrected chi connectivity index (χ1v) is 52.1. The fourth-order valence-electron chi connectivity index (χ4n) is 19.4. The first-order chi connectivity index (χ1) is 71.0. The number of nitrogens with one attached hydrogen (secondary N) is 3. The second kappa shape index (κ2) is 53.2. The van der Waals surface area contributed by atoms with Crippen LogP contribution in [0.4, 0.5) is 20.2 Å². The van der Waals surface area contributed by atoms with Crippen LogP contribution in [-0.2, 0) is 45.1 Å². The summed E-state index contributed by atoms with van der Waals surface area (Å²) in [5, 5.41) is 21.6. The predicted molar refractivity (Wildman–Crippen MR) is 580 cm³/mol. The van der Waals surface area contributed by atoms with Crippen molar-refractivity contribution >= 4 is 128 Å². The van der Waals surface area contributed by atoms with Gasteiger partial charge in [-0.3, -0.25) is 38.8 Å². The van der Waals surface area contributed by atoms with Gasteiger partial charge in [-0.15, -0.1) is 0 Å². The molecule has 0 spiro atoms. The number of aliphatic imine (C=N–C) groups is 2. The smallest absolute Gasteiger partial charge is 0.312 e. The molecule has 10 aromatic carbocycles. The molecule has 147 heavy (non-hydrogen) atoms. The van der Waals surface area contributed by atoms with Gasteiger partial charge >= 0.3 is 5.97 Å². The van der Waals surface area contributed by atoms with Gasteiger partial charge in [0.2, 0.25) is 17.7 Å². The van der Waals surface area contributed by atoms with Crippen molar-refractivity contribution in [1.29, 1.82) is 0 Å². The molecule has 4 aliphatic heterocycles. The van der Waals surface area contributed by atoms with E-state index in [0.717, 1.165) is 145 Å². The molecule has 0 unspecified atom stereocenters. The number of carboxylic acid groups (broad SMARTS) is 1. The first kappa shape index (κ1) is 110. The Morgan fingerprint density at radius 1 is 0.435 bits per heavy atom. The minimum Gasteiger partial charge on any atom is -0.496 e. The number of anilines is 2. The van der Waals surface area contributed by atoms with Crippen molar-refractivity contribution in [2.24, 2.45) is 21.8 Å². The SMILES string of the molecule is CC(C)C[C@H]1CNC[C@@H](c2ccc(Cl)cc2)N1c1ccc(Cl)cc1.COc1cc(Cc2ncc3c(n2)-c2ccc(Cl)cc2C(c2c(F)cccc2OC)=NC3)ccc1C(=O)CCCCCCCNC(=O)CC(=O)N1C[C@H](CC(C)C)N(c2ccc(Cl)cc2)[C@H](c2ccc(Cl)cc2)C1.COc1cc(Cc2ncc3c(n2)-c2ccc(Cl)cc2C(c2c(F)cccc2OC)=NC3)ccc1C(=O)CCCCCCCNC(=O)CC(=O)O. The molecular weight excluding hydrogens is 1990 g/mol. The highest BCUT2D eigenvalue weighted by molar-refractivity contribution is 6.33. The molecule has 2 saturated heterocycles. The molecule has 4 atom stereocenters. The lowest BCUT2D eigenvalue weighted by atomic mass is 9.92. The number of aliphatic carboxylic acids is 1. The van der Waals surface area contributed by atoms with Crippen LogP contribution in [0.5, 0.6) is 23.0 Å². The molecule has 23 nitrogen and oxygen atoms in total. The van der Waals surface area contributed by atoms with E-state index < -0.39 is 29.9 Å². The number of halogens is 8. The van der Waals surface area contributed by atoms with Crippen LogP contribution in [0, 0.1) is 23.5 Å². The van der Waals surface area contributed by atoms with Crippen molar-refractivity contribution in [3.05, 3.63) is 339 Å². The molecule has 0 bridgehead atoms.